The molecular weight excluding hydrogens is 658 g/mol. The minimum Gasteiger partial charge on any atom is -0.482 e. The summed E-state index contributed by atoms with van der Waals surface area (Å²) in [5.41, 5.74) is 2.40. The van der Waals surface area contributed by atoms with Crippen LogP contribution in [0.25, 0.3) is 0 Å². The highest BCUT2D eigenvalue weighted by molar-refractivity contribution is 6.08. The van der Waals surface area contributed by atoms with Gasteiger partial charge in [-0.15, -0.1) is 5.10 Å². The van der Waals surface area contributed by atoms with E-state index in [0.29, 0.717) is 35.8 Å². The Morgan fingerprint density at radius 3 is 2.46 bits per heavy atom. The van der Waals surface area contributed by atoms with E-state index in [0.717, 1.165) is 22.4 Å². The molecule has 266 valence electrons. The molecule has 1 spiro atoms. The van der Waals surface area contributed by atoms with Gasteiger partial charge in [-0.2, -0.15) is 0 Å². The number of amides is 2. The number of anilines is 3. The Kier molecular flexibility index (Phi) is 8.44. The molecular formula is C41H41N5O6. The number of fused-ring (bicyclic) bond motifs is 3. The molecule has 5 aromatic rings. The van der Waals surface area contributed by atoms with E-state index >= 15 is 0 Å². The van der Waals surface area contributed by atoms with Gasteiger partial charge in [-0.05, 0) is 61.7 Å². The molecule has 8 rings (SSSR count). The van der Waals surface area contributed by atoms with Gasteiger partial charge in [0.2, 0.25) is 0 Å². The maximum absolute atomic E-state index is 14.9. The van der Waals surface area contributed by atoms with Gasteiger partial charge < -0.3 is 24.6 Å². The minimum atomic E-state index is -1.32. The molecule has 2 amide bonds. The van der Waals surface area contributed by atoms with Gasteiger partial charge in [0.05, 0.1) is 35.8 Å². The molecule has 4 heterocycles. The van der Waals surface area contributed by atoms with Crippen molar-refractivity contribution in [3.05, 3.63) is 132 Å². The minimum absolute atomic E-state index is 0.0613. The summed E-state index contributed by atoms with van der Waals surface area (Å²) >= 11 is 0. The summed E-state index contributed by atoms with van der Waals surface area (Å²) in [5.74, 6) is -0.501. The third-order valence-electron chi connectivity index (χ3n) is 10.7. The Hall–Kier alpha value is -5.36. The Balaban J connectivity index is 1.07. The van der Waals surface area contributed by atoms with Crippen LogP contribution in [-0.4, -0.2) is 55.3 Å². The highest BCUT2D eigenvalue weighted by atomic mass is 16.5. The number of ether oxygens (including phenoxy) is 2. The fourth-order valence-electron chi connectivity index (χ4n) is 8.43. The van der Waals surface area contributed by atoms with Crippen LogP contribution in [0.1, 0.15) is 55.7 Å². The van der Waals surface area contributed by atoms with E-state index in [1.54, 1.807) is 34.5 Å². The van der Waals surface area contributed by atoms with E-state index < -0.39 is 29.3 Å². The first kappa shape index (κ1) is 33.8. The molecule has 5 atom stereocenters. The molecule has 52 heavy (non-hydrogen) atoms. The fourth-order valence-corrected chi connectivity index (χ4v) is 8.43. The average Bonchev–Trinajstić information content (AvgIpc) is 3.81. The van der Waals surface area contributed by atoms with E-state index in [1.165, 1.54) is 0 Å². The second kappa shape index (κ2) is 13.0. The monoisotopic (exact) mass is 699 g/mol. The van der Waals surface area contributed by atoms with Crippen molar-refractivity contribution < 1.29 is 29.3 Å². The number of hydrogen-bond acceptors (Lipinski definition) is 8. The number of aromatic nitrogens is 3. The van der Waals surface area contributed by atoms with Crippen molar-refractivity contribution in [3.8, 4) is 5.75 Å². The summed E-state index contributed by atoms with van der Waals surface area (Å²) in [4.78, 5) is 31.4. The van der Waals surface area contributed by atoms with E-state index in [4.69, 9.17) is 9.47 Å². The lowest BCUT2D eigenvalue weighted by atomic mass is 9.71. The molecule has 0 bridgehead atoms. The lowest BCUT2D eigenvalue weighted by Gasteiger charge is -2.34. The standard InChI is InChI=1S/C41H41N5O6/c1-26-37(40(2,3)50)35(20-21-44-24-31(42-43-44)38(48)28-13-5-4-6-14-28)52-41(26)30-16-7-8-17-32(30)45(39(41)49)23-27-12-11-15-29(22-27)46-33-18-9-10-19-34(33)51-25-36(46)47/h4-19,22,24,26,35,37-38,48,50H,20-21,23,25H2,1-3H3/t26-,35+,37-,38-,41+/m1/s1. The molecule has 3 aliphatic heterocycles. The van der Waals surface area contributed by atoms with Crippen LogP contribution in [0.4, 0.5) is 17.1 Å². The summed E-state index contributed by atoms with van der Waals surface area (Å²) in [6.45, 7) is 6.14. The number of benzene rings is 4. The van der Waals surface area contributed by atoms with Crippen molar-refractivity contribution in [3.63, 3.8) is 0 Å². The number of aryl methyl sites for hydroxylation is 1. The lowest BCUT2D eigenvalue weighted by Crippen LogP contribution is -2.46. The lowest BCUT2D eigenvalue weighted by molar-refractivity contribution is -0.146. The molecule has 11 heteroatoms. The molecule has 3 aliphatic rings. The van der Waals surface area contributed by atoms with Crippen LogP contribution >= 0.6 is 0 Å². The highest BCUT2D eigenvalue weighted by Gasteiger charge is 2.65. The van der Waals surface area contributed by atoms with Gasteiger partial charge in [0, 0.05) is 29.6 Å². The smallest absolute Gasteiger partial charge is 0.269 e. The van der Waals surface area contributed by atoms with Crippen molar-refractivity contribution in [2.75, 3.05) is 16.4 Å². The average molecular weight is 700 g/mol. The van der Waals surface area contributed by atoms with Gasteiger partial charge in [-0.1, -0.05) is 84.9 Å². The van der Waals surface area contributed by atoms with E-state index in [-0.39, 0.29) is 30.9 Å². The third-order valence-corrected chi connectivity index (χ3v) is 10.7. The number of hydrogen-bond donors (Lipinski definition) is 2. The topological polar surface area (TPSA) is 130 Å². The van der Waals surface area contributed by atoms with Crippen LogP contribution in [0.5, 0.6) is 5.75 Å². The van der Waals surface area contributed by atoms with Gasteiger partial charge in [-0.3, -0.25) is 19.2 Å². The highest BCUT2D eigenvalue weighted by Crippen LogP contribution is 2.58. The maximum Gasteiger partial charge on any atom is 0.269 e. The predicted molar refractivity (Wildman–Crippen MR) is 194 cm³/mol. The summed E-state index contributed by atoms with van der Waals surface area (Å²) < 4.78 is 14.3. The number of carbonyl (C=O) groups is 2. The molecule has 1 fully saturated rings. The van der Waals surface area contributed by atoms with E-state index in [2.05, 4.69) is 10.3 Å². The van der Waals surface area contributed by atoms with Crippen molar-refractivity contribution in [1.82, 2.24) is 15.0 Å². The number of aliphatic hydroxyl groups excluding tert-OH is 1. The maximum atomic E-state index is 14.9. The first-order valence-corrected chi connectivity index (χ1v) is 17.6. The zero-order valence-corrected chi connectivity index (χ0v) is 29.3. The molecule has 0 unspecified atom stereocenters. The quantitative estimate of drug-likeness (QED) is 0.201. The van der Waals surface area contributed by atoms with Crippen LogP contribution in [0.3, 0.4) is 0 Å². The first-order chi connectivity index (χ1) is 25.1. The van der Waals surface area contributed by atoms with Crippen LogP contribution in [0.15, 0.2) is 109 Å². The van der Waals surface area contributed by atoms with Crippen molar-refractivity contribution in [2.45, 2.75) is 63.7 Å². The van der Waals surface area contributed by atoms with Gasteiger partial charge >= 0.3 is 0 Å². The van der Waals surface area contributed by atoms with Gasteiger partial charge in [0.1, 0.15) is 17.5 Å². The summed E-state index contributed by atoms with van der Waals surface area (Å²) in [6, 6.07) is 32.1. The SMILES string of the molecule is C[C@@H]1[C@@H](C(C)(C)O)[C@H](CCn2cc([C@H](O)c3ccccc3)nn2)O[C@@]12C(=O)N(Cc1cccc(N3C(=O)COc4ccccc43)c1)c1ccccc12. The number of para-hydroxylation sites is 3. The van der Waals surface area contributed by atoms with Crippen molar-refractivity contribution in [1.29, 1.82) is 0 Å². The largest absolute Gasteiger partial charge is 0.482 e. The molecule has 1 saturated heterocycles. The van der Waals surface area contributed by atoms with Crippen molar-refractivity contribution >= 4 is 28.9 Å². The molecule has 0 saturated carbocycles. The van der Waals surface area contributed by atoms with Crippen LogP contribution < -0.4 is 14.5 Å². The molecule has 2 N–H and O–H groups in total. The molecule has 0 aliphatic carbocycles. The number of aliphatic hydroxyl groups is 2. The Morgan fingerprint density at radius 1 is 0.942 bits per heavy atom. The Labute approximate surface area is 302 Å². The van der Waals surface area contributed by atoms with Crippen LogP contribution in [-0.2, 0) is 33.0 Å². The van der Waals surface area contributed by atoms with E-state index in [9.17, 15) is 19.8 Å². The van der Waals surface area contributed by atoms with Gasteiger partial charge in [0.25, 0.3) is 11.8 Å². The van der Waals surface area contributed by atoms with Crippen LogP contribution in [0.2, 0.25) is 0 Å². The number of rotatable bonds is 9. The second-order valence-corrected chi connectivity index (χ2v) is 14.4. The van der Waals surface area contributed by atoms with Crippen LogP contribution in [0, 0.1) is 11.8 Å². The molecule has 1 aromatic heterocycles. The van der Waals surface area contributed by atoms with E-state index in [1.807, 2.05) is 110 Å². The van der Waals surface area contributed by atoms with Crippen molar-refractivity contribution in [2.24, 2.45) is 11.8 Å². The summed E-state index contributed by atoms with van der Waals surface area (Å²) in [7, 11) is 0. The zero-order valence-electron chi connectivity index (χ0n) is 29.3. The predicted octanol–water partition coefficient (Wildman–Crippen LogP) is 5.67. The summed E-state index contributed by atoms with van der Waals surface area (Å²) in [6.07, 6.45) is 0.779. The Morgan fingerprint density at radius 2 is 1.67 bits per heavy atom. The number of carbonyl (C=O) groups excluding carboxylic acids is 2. The molecule has 4 aromatic carbocycles. The third kappa shape index (κ3) is 5.65. The fraction of sp³-hybridized carbons (Fsp3) is 0.317. The normalized spacial score (nSPS) is 23.1. The van der Waals surface area contributed by atoms with Gasteiger partial charge in [-0.25, -0.2) is 0 Å². The molecule has 0 radical (unpaired) electrons. The molecule has 11 nitrogen and oxygen atoms in total. The van der Waals surface area contributed by atoms with Gasteiger partial charge in [0.15, 0.2) is 12.2 Å². The summed E-state index contributed by atoms with van der Waals surface area (Å²) in [5, 5.41) is 30.9. The first-order valence-electron chi connectivity index (χ1n) is 17.6. The Bertz CT molecular complexity index is 2130. The number of nitrogens with zero attached hydrogens (tertiary/aromatic N) is 5. The second-order valence-electron chi connectivity index (χ2n) is 14.4. The zero-order chi connectivity index (χ0) is 36.2.